The van der Waals surface area contributed by atoms with Crippen molar-refractivity contribution in [3.8, 4) is 5.75 Å². The number of anilines is 1. The molecular formula is C19H21N3O2S. The summed E-state index contributed by atoms with van der Waals surface area (Å²) >= 11 is 1.55. The minimum absolute atomic E-state index is 0.0986. The predicted molar refractivity (Wildman–Crippen MR) is 101 cm³/mol. The number of aromatic nitrogens is 2. The van der Waals surface area contributed by atoms with E-state index in [2.05, 4.69) is 17.2 Å². The molecule has 0 unspecified atom stereocenters. The Bertz CT molecular complexity index is 840. The van der Waals surface area contributed by atoms with Crippen LogP contribution in [0.5, 0.6) is 5.75 Å². The van der Waals surface area contributed by atoms with E-state index in [0.717, 1.165) is 11.3 Å². The van der Waals surface area contributed by atoms with Crippen LogP contribution in [0.25, 0.3) is 0 Å². The second-order valence-corrected chi connectivity index (χ2v) is 6.81. The van der Waals surface area contributed by atoms with Crippen LogP contribution in [0.4, 0.5) is 5.69 Å². The summed E-state index contributed by atoms with van der Waals surface area (Å²) in [6.07, 6.45) is 6.32. The van der Waals surface area contributed by atoms with Gasteiger partial charge in [-0.3, -0.25) is 4.79 Å². The van der Waals surface area contributed by atoms with Crippen molar-refractivity contribution in [1.29, 1.82) is 0 Å². The largest absolute Gasteiger partial charge is 0.490 e. The molecule has 25 heavy (non-hydrogen) atoms. The number of carbonyl (C=O) groups excluding carboxylic acids is 1. The molecule has 0 fully saturated rings. The van der Waals surface area contributed by atoms with Gasteiger partial charge < -0.3 is 14.6 Å². The Kier molecular flexibility index (Phi) is 5.50. The predicted octanol–water partition coefficient (Wildman–Crippen LogP) is 4.15. The molecule has 0 saturated heterocycles. The molecule has 0 aliphatic heterocycles. The van der Waals surface area contributed by atoms with Gasteiger partial charge in [0.15, 0.2) is 0 Å². The number of para-hydroxylation sites is 2. The number of benzene rings is 1. The number of carbonyl (C=O) groups is 1. The van der Waals surface area contributed by atoms with E-state index in [1.54, 1.807) is 23.9 Å². The Hall–Kier alpha value is -2.60. The molecule has 1 N–H and O–H groups in total. The van der Waals surface area contributed by atoms with E-state index in [1.165, 1.54) is 10.4 Å². The maximum absolute atomic E-state index is 12.5. The Labute approximate surface area is 151 Å². The molecule has 0 bridgehead atoms. The summed E-state index contributed by atoms with van der Waals surface area (Å²) in [5.74, 6) is 0.568. The minimum atomic E-state index is -0.0986. The molecule has 1 aromatic carbocycles. The normalized spacial score (nSPS) is 10.6. The van der Waals surface area contributed by atoms with Gasteiger partial charge >= 0.3 is 0 Å². The van der Waals surface area contributed by atoms with Crippen LogP contribution in [0.3, 0.4) is 0 Å². The average Bonchev–Trinajstić information content (AvgIpc) is 3.25. The quantitative estimate of drug-likeness (QED) is 0.693. The van der Waals surface area contributed by atoms with Crippen molar-refractivity contribution < 1.29 is 9.53 Å². The summed E-state index contributed by atoms with van der Waals surface area (Å²) in [7, 11) is 0. The van der Waals surface area contributed by atoms with Crippen LogP contribution in [0.15, 0.2) is 49.1 Å². The first-order valence-corrected chi connectivity index (χ1v) is 9.07. The van der Waals surface area contributed by atoms with Gasteiger partial charge in [0.25, 0.3) is 5.91 Å². The van der Waals surface area contributed by atoms with Crippen molar-refractivity contribution >= 4 is 22.9 Å². The first-order valence-electron chi connectivity index (χ1n) is 8.25. The number of thiophene rings is 1. The Morgan fingerprint density at radius 1 is 1.36 bits per heavy atom. The van der Waals surface area contributed by atoms with Gasteiger partial charge in [0, 0.05) is 17.3 Å². The summed E-state index contributed by atoms with van der Waals surface area (Å²) in [5.41, 5.74) is 1.85. The molecule has 130 valence electrons. The molecule has 2 heterocycles. The van der Waals surface area contributed by atoms with Crippen molar-refractivity contribution in [3.05, 3.63) is 64.4 Å². The third-order valence-corrected chi connectivity index (χ3v) is 5.25. The van der Waals surface area contributed by atoms with Gasteiger partial charge in [0.1, 0.15) is 12.4 Å². The highest BCUT2D eigenvalue weighted by atomic mass is 32.1. The van der Waals surface area contributed by atoms with Crippen LogP contribution in [0, 0.1) is 6.92 Å². The third-order valence-electron chi connectivity index (χ3n) is 3.87. The van der Waals surface area contributed by atoms with Gasteiger partial charge in [-0.1, -0.05) is 19.1 Å². The Morgan fingerprint density at radius 3 is 2.92 bits per heavy atom. The van der Waals surface area contributed by atoms with E-state index >= 15 is 0 Å². The molecule has 0 aliphatic carbocycles. The molecule has 2 aromatic heterocycles. The Morgan fingerprint density at radius 2 is 2.20 bits per heavy atom. The summed E-state index contributed by atoms with van der Waals surface area (Å²) < 4.78 is 7.78. The van der Waals surface area contributed by atoms with Crippen LogP contribution >= 0.6 is 11.3 Å². The highest BCUT2D eigenvalue weighted by Gasteiger charge is 2.14. The van der Waals surface area contributed by atoms with Crippen LogP contribution in [0.1, 0.15) is 27.0 Å². The molecule has 3 rings (SSSR count). The summed E-state index contributed by atoms with van der Waals surface area (Å²) in [5, 5.41) is 2.96. The number of ether oxygens (including phenoxy) is 1. The minimum Gasteiger partial charge on any atom is -0.490 e. The first kappa shape index (κ1) is 17.2. The number of aryl methyl sites for hydroxylation is 2. The lowest BCUT2D eigenvalue weighted by atomic mass is 10.2. The average molecular weight is 355 g/mol. The fourth-order valence-electron chi connectivity index (χ4n) is 2.54. The number of nitrogens with one attached hydrogen (secondary N) is 1. The first-order chi connectivity index (χ1) is 12.2. The van der Waals surface area contributed by atoms with Gasteiger partial charge in [-0.25, -0.2) is 4.98 Å². The van der Waals surface area contributed by atoms with Crippen molar-refractivity contribution in [3.63, 3.8) is 0 Å². The standard InChI is InChI=1S/C19H21N3O2S/c1-3-17-14(2)12-18(25-17)19(23)21-15-6-4-5-7-16(15)24-11-10-22-9-8-20-13-22/h4-9,12-13H,3,10-11H2,1-2H3,(H,21,23). The SMILES string of the molecule is CCc1sc(C(=O)Nc2ccccc2OCCn2ccnc2)cc1C. The van der Waals surface area contributed by atoms with E-state index in [0.29, 0.717) is 24.6 Å². The highest BCUT2D eigenvalue weighted by Crippen LogP contribution is 2.27. The lowest BCUT2D eigenvalue weighted by Crippen LogP contribution is -2.13. The molecular weight excluding hydrogens is 334 g/mol. The third kappa shape index (κ3) is 4.28. The van der Waals surface area contributed by atoms with E-state index in [1.807, 2.05) is 48.0 Å². The topological polar surface area (TPSA) is 56.1 Å². The van der Waals surface area contributed by atoms with Gasteiger partial charge in [-0.05, 0) is 37.1 Å². The Balaban J connectivity index is 1.66. The van der Waals surface area contributed by atoms with Gasteiger partial charge in [-0.2, -0.15) is 0 Å². The molecule has 0 radical (unpaired) electrons. The molecule has 0 spiro atoms. The van der Waals surface area contributed by atoms with Crippen LogP contribution in [-0.4, -0.2) is 22.1 Å². The second kappa shape index (κ2) is 7.98. The van der Waals surface area contributed by atoms with Crippen molar-refractivity contribution in [2.75, 3.05) is 11.9 Å². The zero-order chi connectivity index (χ0) is 17.6. The number of rotatable bonds is 7. The summed E-state index contributed by atoms with van der Waals surface area (Å²) in [6, 6.07) is 9.44. The van der Waals surface area contributed by atoms with Crippen molar-refractivity contribution in [2.24, 2.45) is 0 Å². The van der Waals surface area contributed by atoms with E-state index in [-0.39, 0.29) is 5.91 Å². The summed E-state index contributed by atoms with van der Waals surface area (Å²) in [6.45, 7) is 5.34. The number of hydrogen-bond donors (Lipinski definition) is 1. The van der Waals surface area contributed by atoms with E-state index in [9.17, 15) is 4.79 Å². The number of imidazole rings is 1. The van der Waals surface area contributed by atoms with Crippen molar-refractivity contribution in [1.82, 2.24) is 9.55 Å². The fourth-order valence-corrected chi connectivity index (χ4v) is 3.55. The molecule has 6 heteroatoms. The lowest BCUT2D eigenvalue weighted by molar-refractivity contribution is 0.103. The number of nitrogens with zero attached hydrogens (tertiary/aromatic N) is 2. The maximum Gasteiger partial charge on any atom is 0.265 e. The highest BCUT2D eigenvalue weighted by molar-refractivity contribution is 7.14. The van der Waals surface area contributed by atoms with Crippen LogP contribution in [0.2, 0.25) is 0 Å². The lowest BCUT2D eigenvalue weighted by Gasteiger charge is -2.12. The number of amides is 1. The van der Waals surface area contributed by atoms with Gasteiger partial charge in [0.2, 0.25) is 0 Å². The number of hydrogen-bond acceptors (Lipinski definition) is 4. The molecule has 0 saturated carbocycles. The molecule has 3 aromatic rings. The summed E-state index contributed by atoms with van der Waals surface area (Å²) in [4.78, 5) is 18.5. The molecule has 1 amide bonds. The van der Waals surface area contributed by atoms with Gasteiger partial charge in [-0.15, -0.1) is 11.3 Å². The smallest absolute Gasteiger partial charge is 0.265 e. The van der Waals surface area contributed by atoms with E-state index in [4.69, 9.17) is 4.74 Å². The van der Waals surface area contributed by atoms with Crippen LogP contribution < -0.4 is 10.1 Å². The maximum atomic E-state index is 12.5. The molecule has 0 atom stereocenters. The van der Waals surface area contributed by atoms with E-state index < -0.39 is 0 Å². The van der Waals surface area contributed by atoms with Gasteiger partial charge in [0.05, 0.1) is 23.4 Å². The van der Waals surface area contributed by atoms with Crippen LogP contribution in [-0.2, 0) is 13.0 Å². The second-order valence-electron chi connectivity index (χ2n) is 5.67. The van der Waals surface area contributed by atoms with Crippen molar-refractivity contribution in [2.45, 2.75) is 26.8 Å². The monoisotopic (exact) mass is 355 g/mol. The zero-order valence-electron chi connectivity index (χ0n) is 14.4. The fraction of sp³-hybridized carbons (Fsp3) is 0.263. The zero-order valence-corrected chi connectivity index (χ0v) is 15.2. The molecule has 0 aliphatic rings. The molecule has 5 nitrogen and oxygen atoms in total.